The number of aliphatic hydroxyl groups excluding tert-OH is 1. The maximum atomic E-state index is 11.5. The number of aromatic amines is 1. The fourth-order valence-electron chi connectivity index (χ4n) is 1.51. The van der Waals surface area contributed by atoms with Gasteiger partial charge in [-0.1, -0.05) is 6.92 Å². The minimum atomic E-state index is -0.498. The number of nitrogens with zero attached hydrogens (tertiary/aromatic N) is 2. The van der Waals surface area contributed by atoms with Crippen LogP contribution in [0.4, 0.5) is 0 Å². The first-order chi connectivity index (χ1) is 7.22. The van der Waals surface area contributed by atoms with Crippen molar-refractivity contribution in [1.29, 1.82) is 0 Å². The zero-order chi connectivity index (χ0) is 10.8. The molecule has 0 aliphatic carbocycles. The first-order valence-electron chi connectivity index (χ1n) is 4.94. The Morgan fingerprint density at radius 2 is 2.47 bits per heavy atom. The Hall–Kier alpha value is -1.62. The molecule has 0 fully saturated rings. The largest absolute Gasteiger partial charge is 0.391 e. The topological polar surface area (TPSA) is 70.9 Å². The van der Waals surface area contributed by atoms with Gasteiger partial charge < -0.3 is 5.11 Å². The van der Waals surface area contributed by atoms with Crippen LogP contribution in [0.25, 0.3) is 11.2 Å². The molecule has 5 nitrogen and oxygen atoms in total. The molecule has 80 valence electrons. The van der Waals surface area contributed by atoms with Crippen LogP contribution in [-0.2, 0) is 6.54 Å². The highest BCUT2D eigenvalue weighted by Crippen LogP contribution is 2.07. The van der Waals surface area contributed by atoms with Crippen molar-refractivity contribution >= 4 is 11.2 Å². The number of fused-ring (bicyclic) bond motifs is 1. The third-order valence-electron chi connectivity index (χ3n) is 2.41. The molecule has 2 aromatic heterocycles. The maximum Gasteiger partial charge on any atom is 0.327 e. The third kappa shape index (κ3) is 1.78. The summed E-state index contributed by atoms with van der Waals surface area (Å²) in [5.41, 5.74) is 1.07. The molecule has 0 saturated heterocycles. The van der Waals surface area contributed by atoms with E-state index in [0.29, 0.717) is 18.6 Å². The van der Waals surface area contributed by atoms with Crippen molar-refractivity contribution in [3.05, 3.63) is 28.8 Å². The van der Waals surface area contributed by atoms with Gasteiger partial charge in [0.2, 0.25) is 0 Å². The van der Waals surface area contributed by atoms with Gasteiger partial charge in [0, 0.05) is 6.20 Å². The highest BCUT2D eigenvalue weighted by Gasteiger charge is 2.09. The Morgan fingerprint density at radius 1 is 1.67 bits per heavy atom. The van der Waals surface area contributed by atoms with Crippen LogP contribution in [0.5, 0.6) is 0 Å². The number of rotatable bonds is 3. The number of hydrogen-bond donors (Lipinski definition) is 2. The minimum Gasteiger partial charge on any atom is -0.391 e. The molecule has 0 amide bonds. The molecule has 0 bridgehead atoms. The Labute approximate surface area is 86.4 Å². The summed E-state index contributed by atoms with van der Waals surface area (Å²) in [6.07, 6.45) is 1.75. The van der Waals surface area contributed by atoms with Gasteiger partial charge in [-0.25, -0.2) is 9.78 Å². The third-order valence-corrected chi connectivity index (χ3v) is 2.41. The predicted octanol–water partition coefficient (Wildman–Crippen LogP) is 0.495. The average molecular weight is 207 g/mol. The normalized spacial score (nSPS) is 13.2. The Morgan fingerprint density at radius 3 is 3.20 bits per heavy atom. The van der Waals surface area contributed by atoms with Gasteiger partial charge in [0.1, 0.15) is 0 Å². The van der Waals surface area contributed by atoms with E-state index in [9.17, 15) is 9.90 Å². The zero-order valence-corrected chi connectivity index (χ0v) is 8.47. The lowest BCUT2D eigenvalue weighted by molar-refractivity contribution is 0.150. The summed E-state index contributed by atoms with van der Waals surface area (Å²) >= 11 is 0. The van der Waals surface area contributed by atoms with E-state index in [0.717, 1.165) is 5.52 Å². The van der Waals surface area contributed by atoms with Crippen LogP contribution in [0, 0.1) is 0 Å². The van der Waals surface area contributed by atoms with Crippen molar-refractivity contribution in [3.8, 4) is 0 Å². The summed E-state index contributed by atoms with van der Waals surface area (Å²) in [6.45, 7) is 2.18. The van der Waals surface area contributed by atoms with Crippen molar-refractivity contribution in [2.75, 3.05) is 0 Å². The summed E-state index contributed by atoms with van der Waals surface area (Å²) in [5, 5.41) is 9.52. The Kier molecular flexibility index (Phi) is 2.55. The van der Waals surface area contributed by atoms with Gasteiger partial charge in [0.25, 0.3) is 0 Å². The fourth-order valence-corrected chi connectivity index (χ4v) is 1.51. The van der Waals surface area contributed by atoms with Gasteiger partial charge >= 0.3 is 5.69 Å². The van der Waals surface area contributed by atoms with E-state index in [2.05, 4.69) is 9.97 Å². The molecule has 15 heavy (non-hydrogen) atoms. The van der Waals surface area contributed by atoms with Gasteiger partial charge in [0.15, 0.2) is 5.65 Å². The second-order valence-corrected chi connectivity index (χ2v) is 3.47. The average Bonchev–Trinajstić information content (AvgIpc) is 2.55. The Bertz CT molecular complexity index is 515. The lowest BCUT2D eigenvalue weighted by Crippen LogP contribution is -2.24. The second-order valence-electron chi connectivity index (χ2n) is 3.47. The molecule has 2 N–H and O–H groups in total. The van der Waals surface area contributed by atoms with E-state index >= 15 is 0 Å². The van der Waals surface area contributed by atoms with Crippen LogP contribution in [0.2, 0.25) is 0 Å². The maximum absolute atomic E-state index is 11.5. The number of aromatic nitrogens is 3. The van der Waals surface area contributed by atoms with Crippen molar-refractivity contribution in [3.63, 3.8) is 0 Å². The molecule has 2 heterocycles. The number of H-pyrrole nitrogens is 1. The van der Waals surface area contributed by atoms with Crippen LogP contribution in [0.1, 0.15) is 13.3 Å². The van der Waals surface area contributed by atoms with Crippen LogP contribution >= 0.6 is 0 Å². The highest BCUT2D eigenvalue weighted by molar-refractivity contribution is 5.70. The molecule has 2 rings (SSSR count). The van der Waals surface area contributed by atoms with Crippen molar-refractivity contribution in [2.24, 2.45) is 0 Å². The first-order valence-corrected chi connectivity index (χ1v) is 4.94. The molecular formula is C10H13N3O2. The minimum absolute atomic E-state index is 0.226. The van der Waals surface area contributed by atoms with Crippen LogP contribution in [0.3, 0.4) is 0 Å². The summed E-state index contributed by atoms with van der Waals surface area (Å²) in [5.74, 6) is 0. The molecule has 0 saturated carbocycles. The summed E-state index contributed by atoms with van der Waals surface area (Å²) in [4.78, 5) is 18.2. The van der Waals surface area contributed by atoms with E-state index in [-0.39, 0.29) is 5.69 Å². The van der Waals surface area contributed by atoms with E-state index in [1.54, 1.807) is 12.3 Å². The number of hydrogen-bond acceptors (Lipinski definition) is 3. The van der Waals surface area contributed by atoms with E-state index in [4.69, 9.17) is 0 Å². The quantitative estimate of drug-likeness (QED) is 0.769. The van der Waals surface area contributed by atoms with E-state index < -0.39 is 6.10 Å². The molecule has 0 radical (unpaired) electrons. The number of aliphatic hydroxyl groups is 1. The number of nitrogens with one attached hydrogen (secondary N) is 1. The second kappa shape index (κ2) is 3.86. The monoisotopic (exact) mass is 207 g/mol. The SMILES string of the molecule is CCC(O)Cn1c(=O)[nH]c2ncccc21. The standard InChI is InChI=1S/C10H13N3O2/c1-2-7(14)6-13-8-4-3-5-11-9(8)12-10(13)15/h3-5,7,14H,2,6H2,1H3,(H,11,12,15). The molecule has 1 atom stereocenters. The smallest absolute Gasteiger partial charge is 0.327 e. The summed E-state index contributed by atoms with van der Waals surface area (Å²) < 4.78 is 1.51. The molecule has 0 aliphatic heterocycles. The lowest BCUT2D eigenvalue weighted by Gasteiger charge is -2.07. The molecule has 0 spiro atoms. The van der Waals surface area contributed by atoms with Gasteiger partial charge in [-0.05, 0) is 18.6 Å². The van der Waals surface area contributed by atoms with Crippen LogP contribution < -0.4 is 5.69 Å². The lowest BCUT2D eigenvalue weighted by atomic mass is 10.3. The molecule has 5 heteroatoms. The fraction of sp³-hybridized carbons (Fsp3) is 0.400. The van der Waals surface area contributed by atoms with Crippen molar-refractivity contribution < 1.29 is 5.11 Å². The first kappa shape index (κ1) is 9.92. The molecule has 2 aromatic rings. The summed E-state index contributed by atoms with van der Waals surface area (Å²) in [6, 6.07) is 3.58. The highest BCUT2D eigenvalue weighted by atomic mass is 16.3. The van der Waals surface area contributed by atoms with Gasteiger partial charge in [-0.2, -0.15) is 0 Å². The van der Waals surface area contributed by atoms with Crippen molar-refractivity contribution in [1.82, 2.24) is 14.5 Å². The predicted molar refractivity (Wildman–Crippen MR) is 56.7 cm³/mol. The van der Waals surface area contributed by atoms with Gasteiger partial charge in [-0.3, -0.25) is 9.55 Å². The van der Waals surface area contributed by atoms with Gasteiger partial charge in [-0.15, -0.1) is 0 Å². The zero-order valence-electron chi connectivity index (χ0n) is 8.47. The van der Waals surface area contributed by atoms with Crippen LogP contribution in [0.15, 0.2) is 23.1 Å². The van der Waals surface area contributed by atoms with Crippen molar-refractivity contribution in [2.45, 2.75) is 26.0 Å². The molecule has 0 aliphatic rings. The molecular weight excluding hydrogens is 194 g/mol. The molecule has 0 aromatic carbocycles. The van der Waals surface area contributed by atoms with Crippen LogP contribution in [-0.4, -0.2) is 25.7 Å². The van der Waals surface area contributed by atoms with Gasteiger partial charge in [0.05, 0.1) is 18.2 Å². The summed E-state index contributed by atoms with van der Waals surface area (Å²) in [7, 11) is 0. The van der Waals surface area contributed by atoms with E-state index in [1.807, 2.05) is 13.0 Å². The number of imidazole rings is 1. The number of pyridine rings is 1. The van der Waals surface area contributed by atoms with E-state index in [1.165, 1.54) is 4.57 Å². The molecule has 1 unspecified atom stereocenters. The Balaban J connectivity index is 2.50.